The van der Waals surface area contributed by atoms with Crippen LogP contribution in [0, 0.1) is 6.92 Å². The molecule has 0 radical (unpaired) electrons. The summed E-state index contributed by atoms with van der Waals surface area (Å²) < 4.78 is 0. The minimum atomic E-state index is 0.787. The summed E-state index contributed by atoms with van der Waals surface area (Å²) in [6, 6.07) is 0. The molecule has 2 fully saturated rings. The molecule has 1 aliphatic heterocycles. The molecule has 1 aromatic rings. The summed E-state index contributed by atoms with van der Waals surface area (Å²) in [7, 11) is 0. The second kappa shape index (κ2) is 5.04. The molecule has 1 saturated heterocycles. The van der Waals surface area contributed by atoms with Crippen molar-refractivity contribution in [1.82, 2.24) is 15.2 Å². The van der Waals surface area contributed by atoms with Crippen molar-refractivity contribution in [2.45, 2.75) is 38.6 Å². The van der Waals surface area contributed by atoms with Crippen molar-refractivity contribution in [3.63, 3.8) is 0 Å². The van der Waals surface area contributed by atoms with Gasteiger partial charge in [-0.25, -0.2) is 4.98 Å². The standard InChI is InChI=1S/C13H21N3S/c1-10-12(9-16-7-5-14-6-8-16)17-13(15-10)11-3-2-4-11/h11,14H,2-9H2,1H3. The second-order valence-corrected chi connectivity index (χ2v) is 6.33. The highest BCUT2D eigenvalue weighted by molar-refractivity contribution is 7.11. The fourth-order valence-corrected chi connectivity index (χ4v) is 3.78. The van der Waals surface area contributed by atoms with Crippen molar-refractivity contribution >= 4 is 11.3 Å². The fraction of sp³-hybridized carbons (Fsp3) is 0.769. The van der Waals surface area contributed by atoms with Gasteiger partial charge in [0.1, 0.15) is 0 Å². The molecule has 1 saturated carbocycles. The van der Waals surface area contributed by atoms with E-state index in [1.807, 2.05) is 11.3 Å². The third-order valence-corrected chi connectivity index (χ3v) is 5.25. The van der Waals surface area contributed by atoms with Crippen LogP contribution in [0.15, 0.2) is 0 Å². The molecule has 3 rings (SSSR count). The number of hydrogen-bond donors (Lipinski definition) is 1. The lowest BCUT2D eigenvalue weighted by Gasteiger charge is -2.26. The molecule has 1 aliphatic carbocycles. The molecule has 4 heteroatoms. The number of aromatic nitrogens is 1. The Kier molecular flexibility index (Phi) is 3.45. The molecule has 1 N–H and O–H groups in total. The highest BCUT2D eigenvalue weighted by Gasteiger charge is 2.24. The number of rotatable bonds is 3. The lowest BCUT2D eigenvalue weighted by atomic mass is 9.86. The van der Waals surface area contributed by atoms with Crippen LogP contribution >= 0.6 is 11.3 Å². The molecule has 0 amide bonds. The Labute approximate surface area is 107 Å². The van der Waals surface area contributed by atoms with Gasteiger partial charge in [-0.2, -0.15) is 0 Å². The quantitative estimate of drug-likeness (QED) is 0.892. The first kappa shape index (κ1) is 11.6. The number of thiazole rings is 1. The van der Waals surface area contributed by atoms with Crippen LogP contribution in [0.5, 0.6) is 0 Å². The number of piperazine rings is 1. The number of hydrogen-bond acceptors (Lipinski definition) is 4. The third kappa shape index (κ3) is 2.54. The zero-order valence-electron chi connectivity index (χ0n) is 10.5. The molecule has 0 unspecified atom stereocenters. The first-order valence-corrected chi connectivity index (χ1v) is 7.54. The molecule has 3 nitrogen and oxygen atoms in total. The van der Waals surface area contributed by atoms with Crippen molar-refractivity contribution in [2.24, 2.45) is 0 Å². The van der Waals surface area contributed by atoms with Crippen LogP contribution in [0.25, 0.3) is 0 Å². The third-order valence-electron chi connectivity index (χ3n) is 3.94. The summed E-state index contributed by atoms with van der Waals surface area (Å²) in [5.74, 6) is 0.787. The van der Waals surface area contributed by atoms with E-state index >= 15 is 0 Å². The van der Waals surface area contributed by atoms with E-state index in [0.717, 1.165) is 25.6 Å². The van der Waals surface area contributed by atoms with E-state index in [1.54, 1.807) is 0 Å². The van der Waals surface area contributed by atoms with Gasteiger partial charge in [0.05, 0.1) is 10.7 Å². The zero-order chi connectivity index (χ0) is 11.7. The Morgan fingerprint density at radius 1 is 1.35 bits per heavy atom. The summed E-state index contributed by atoms with van der Waals surface area (Å²) in [5.41, 5.74) is 1.27. The van der Waals surface area contributed by atoms with Gasteiger partial charge >= 0.3 is 0 Å². The number of nitrogens with one attached hydrogen (secondary N) is 1. The molecule has 0 aromatic carbocycles. The zero-order valence-corrected chi connectivity index (χ0v) is 11.4. The number of nitrogens with zero attached hydrogens (tertiary/aromatic N) is 2. The van der Waals surface area contributed by atoms with E-state index < -0.39 is 0 Å². The Hall–Kier alpha value is -0.450. The van der Waals surface area contributed by atoms with Crippen LogP contribution < -0.4 is 5.32 Å². The van der Waals surface area contributed by atoms with Gasteiger partial charge < -0.3 is 5.32 Å². The van der Waals surface area contributed by atoms with Crippen LogP contribution in [0.4, 0.5) is 0 Å². The molecule has 0 bridgehead atoms. The molecule has 0 atom stereocenters. The van der Waals surface area contributed by atoms with E-state index in [1.165, 1.54) is 47.9 Å². The normalized spacial score (nSPS) is 22.6. The van der Waals surface area contributed by atoms with Crippen LogP contribution in [-0.4, -0.2) is 36.1 Å². The summed E-state index contributed by atoms with van der Waals surface area (Å²) in [6.07, 6.45) is 4.12. The number of aryl methyl sites for hydroxylation is 1. The van der Waals surface area contributed by atoms with E-state index in [2.05, 4.69) is 17.1 Å². The maximum absolute atomic E-state index is 4.77. The average Bonchev–Trinajstić information content (AvgIpc) is 2.59. The van der Waals surface area contributed by atoms with E-state index in [-0.39, 0.29) is 0 Å². The predicted octanol–water partition coefficient (Wildman–Crippen LogP) is 2.12. The smallest absolute Gasteiger partial charge is 0.0962 e. The van der Waals surface area contributed by atoms with Gasteiger partial charge in [0.2, 0.25) is 0 Å². The highest BCUT2D eigenvalue weighted by Crippen LogP contribution is 2.39. The Bertz CT molecular complexity index is 378. The van der Waals surface area contributed by atoms with Crippen molar-refractivity contribution < 1.29 is 0 Å². The fourth-order valence-electron chi connectivity index (χ4n) is 2.50. The molecular formula is C13H21N3S. The first-order valence-electron chi connectivity index (χ1n) is 6.72. The van der Waals surface area contributed by atoms with Gasteiger partial charge in [0.15, 0.2) is 0 Å². The lowest BCUT2D eigenvalue weighted by molar-refractivity contribution is 0.234. The van der Waals surface area contributed by atoms with Crippen molar-refractivity contribution in [2.75, 3.05) is 26.2 Å². The SMILES string of the molecule is Cc1nc(C2CCC2)sc1CN1CCNCC1. The molecule has 0 spiro atoms. The van der Waals surface area contributed by atoms with Gasteiger partial charge in [-0.1, -0.05) is 6.42 Å². The highest BCUT2D eigenvalue weighted by atomic mass is 32.1. The van der Waals surface area contributed by atoms with Gasteiger partial charge in [0.25, 0.3) is 0 Å². The van der Waals surface area contributed by atoms with Crippen LogP contribution in [0.1, 0.15) is 40.8 Å². The van der Waals surface area contributed by atoms with Gasteiger partial charge in [-0.15, -0.1) is 11.3 Å². The van der Waals surface area contributed by atoms with E-state index in [0.29, 0.717) is 0 Å². The molecule has 1 aromatic heterocycles. The van der Waals surface area contributed by atoms with Gasteiger partial charge in [0, 0.05) is 43.5 Å². The Morgan fingerprint density at radius 2 is 2.12 bits per heavy atom. The van der Waals surface area contributed by atoms with E-state index in [4.69, 9.17) is 4.98 Å². The largest absolute Gasteiger partial charge is 0.314 e. The van der Waals surface area contributed by atoms with Crippen molar-refractivity contribution in [3.8, 4) is 0 Å². The average molecular weight is 251 g/mol. The lowest BCUT2D eigenvalue weighted by Crippen LogP contribution is -2.42. The molecule has 94 valence electrons. The topological polar surface area (TPSA) is 28.2 Å². The minimum Gasteiger partial charge on any atom is -0.314 e. The molecule has 2 aliphatic rings. The van der Waals surface area contributed by atoms with Crippen LogP contribution in [0.3, 0.4) is 0 Å². The minimum absolute atomic E-state index is 0.787. The molecular weight excluding hydrogens is 230 g/mol. The van der Waals surface area contributed by atoms with E-state index in [9.17, 15) is 0 Å². The summed E-state index contributed by atoms with van der Waals surface area (Å²) in [5, 5.41) is 4.80. The summed E-state index contributed by atoms with van der Waals surface area (Å²) in [4.78, 5) is 8.81. The van der Waals surface area contributed by atoms with Crippen LogP contribution in [0.2, 0.25) is 0 Å². The maximum Gasteiger partial charge on any atom is 0.0962 e. The summed E-state index contributed by atoms with van der Waals surface area (Å²) in [6.45, 7) is 7.90. The Morgan fingerprint density at radius 3 is 2.76 bits per heavy atom. The summed E-state index contributed by atoms with van der Waals surface area (Å²) >= 11 is 1.96. The monoisotopic (exact) mass is 251 g/mol. The van der Waals surface area contributed by atoms with Gasteiger partial charge in [-0.3, -0.25) is 4.90 Å². The first-order chi connectivity index (χ1) is 8.33. The molecule has 17 heavy (non-hydrogen) atoms. The Balaban J connectivity index is 1.66. The predicted molar refractivity (Wildman–Crippen MR) is 71.6 cm³/mol. The molecule has 2 heterocycles. The van der Waals surface area contributed by atoms with Crippen LogP contribution in [-0.2, 0) is 6.54 Å². The maximum atomic E-state index is 4.77. The van der Waals surface area contributed by atoms with Crippen molar-refractivity contribution in [3.05, 3.63) is 15.6 Å². The van der Waals surface area contributed by atoms with Crippen molar-refractivity contribution in [1.29, 1.82) is 0 Å². The van der Waals surface area contributed by atoms with Gasteiger partial charge in [-0.05, 0) is 19.8 Å². The second-order valence-electron chi connectivity index (χ2n) is 5.21.